The number of aryl methyl sites for hydroxylation is 1. The van der Waals surface area contributed by atoms with Crippen molar-refractivity contribution in [1.82, 2.24) is 5.32 Å². The number of nitrogens with one attached hydrogen (secondary N) is 1. The van der Waals surface area contributed by atoms with Crippen molar-refractivity contribution in [1.29, 1.82) is 0 Å². The predicted molar refractivity (Wildman–Crippen MR) is 72.7 cm³/mol. The molecule has 0 radical (unpaired) electrons. The van der Waals surface area contributed by atoms with Gasteiger partial charge in [-0.25, -0.2) is 0 Å². The summed E-state index contributed by atoms with van der Waals surface area (Å²) in [5.74, 6) is 0.888. The van der Waals surface area contributed by atoms with Crippen molar-refractivity contribution in [2.75, 3.05) is 19.7 Å². The van der Waals surface area contributed by atoms with Gasteiger partial charge in [-0.3, -0.25) is 4.79 Å². The second-order valence-corrected chi connectivity index (χ2v) is 4.15. The number of hydrogen-bond acceptors (Lipinski definition) is 3. The Kier molecular flexibility index (Phi) is 6.22. The molecule has 18 heavy (non-hydrogen) atoms. The Bertz CT molecular complexity index is 391. The molecular formula is C14H22N2O2. The molecule has 0 aliphatic carbocycles. The third-order valence-electron chi connectivity index (χ3n) is 2.66. The van der Waals surface area contributed by atoms with E-state index in [1.165, 1.54) is 0 Å². The van der Waals surface area contributed by atoms with E-state index in [2.05, 4.69) is 5.32 Å². The fourth-order valence-electron chi connectivity index (χ4n) is 1.80. The molecule has 4 nitrogen and oxygen atoms in total. The minimum Gasteiger partial charge on any atom is -0.492 e. The molecule has 0 heterocycles. The summed E-state index contributed by atoms with van der Waals surface area (Å²) in [7, 11) is 0. The van der Waals surface area contributed by atoms with Crippen LogP contribution in [0.3, 0.4) is 0 Å². The molecule has 0 atom stereocenters. The molecule has 1 rings (SSSR count). The lowest BCUT2D eigenvalue weighted by atomic mass is 10.1. The number of carbonyl (C=O) groups is 1. The molecule has 0 unspecified atom stereocenters. The highest BCUT2D eigenvalue weighted by Gasteiger charge is 2.07. The molecule has 0 aliphatic heterocycles. The zero-order valence-electron chi connectivity index (χ0n) is 11.2. The van der Waals surface area contributed by atoms with E-state index >= 15 is 0 Å². The van der Waals surface area contributed by atoms with Gasteiger partial charge in [0.2, 0.25) is 5.91 Å². The van der Waals surface area contributed by atoms with E-state index in [9.17, 15) is 4.79 Å². The third kappa shape index (κ3) is 4.37. The first-order chi connectivity index (χ1) is 8.69. The van der Waals surface area contributed by atoms with Gasteiger partial charge in [-0.05, 0) is 37.9 Å². The SMILES string of the molecule is CCNC(=O)CCOc1c(C)cccc1CCN. The molecule has 1 aromatic carbocycles. The fraction of sp³-hybridized carbons (Fsp3) is 0.500. The van der Waals surface area contributed by atoms with Crippen LogP contribution in [0.1, 0.15) is 24.5 Å². The summed E-state index contributed by atoms with van der Waals surface area (Å²) in [6.07, 6.45) is 1.17. The average molecular weight is 250 g/mol. The van der Waals surface area contributed by atoms with Gasteiger partial charge in [0.25, 0.3) is 0 Å². The van der Waals surface area contributed by atoms with Gasteiger partial charge in [0, 0.05) is 6.54 Å². The molecule has 1 amide bonds. The summed E-state index contributed by atoms with van der Waals surface area (Å²) < 4.78 is 5.72. The van der Waals surface area contributed by atoms with Gasteiger partial charge in [-0.1, -0.05) is 18.2 Å². The maximum atomic E-state index is 11.3. The minimum absolute atomic E-state index is 0.0199. The van der Waals surface area contributed by atoms with Gasteiger partial charge < -0.3 is 15.8 Å². The maximum absolute atomic E-state index is 11.3. The molecule has 4 heteroatoms. The van der Waals surface area contributed by atoms with Gasteiger partial charge in [-0.2, -0.15) is 0 Å². The van der Waals surface area contributed by atoms with Crippen molar-refractivity contribution < 1.29 is 9.53 Å². The maximum Gasteiger partial charge on any atom is 0.223 e. The van der Waals surface area contributed by atoms with E-state index in [1.54, 1.807) is 0 Å². The van der Waals surface area contributed by atoms with Crippen molar-refractivity contribution in [3.8, 4) is 5.75 Å². The fourth-order valence-corrected chi connectivity index (χ4v) is 1.80. The smallest absolute Gasteiger partial charge is 0.223 e. The van der Waals surface area contributed by atoms with Crippen LogP contribution >= 0.6 is 0 Å². The number of hydrogen-bond donors (Lipinski definition) is 2. The van der Waals surface area contributed by atoms with Crippen molar-refractivity contribution in [2.24, 2.45) is 5.73 Å². The number of carbonyl (C=O) groups excluding carboxylic acids is 1. The van der Waals surface area contributed by atoms with Crippen molar-refractivity contribution in [3.05, 3.63) is 29.3 Å². The normalized spacial score (nSPS) is 10.2. The molecule has 0 saturated heterocycles. The topological polar surface area (TPSA) is 64.3 Å². The van der Waals surface area contributed by atoms with Crippen LogP contribution in [0.25, 0.3) is 0 Å². The van der Waals surface area contributed by atoms with Gasteiger partial charge in [-0.15, -0.1) is 0 Å². The predicted octanol–water partition coefficient (Wildman–Crippen LogP) is 1.40. The van der Waals surface area contributed by atoms with Crippen LogP contribution in [0.4, 0.5) is 0 Å². The number of para-hydroxylation sites is 1. The number of amides is 1. The summed E-state index contributed by atoms with van der Waals surface area (Å²) in [6.45, 7) is 5.55. The highest BCUT2D eigenvalue weighted by atomic mass is 16.5. The lowest BCUT2D eigenvalue weighted by Crippen LogP contribution is -2.24. The Morgan fingerprint density at radius 1 is 1.44 bits per heavy atom. The van der Waals surface area contributed by atoms with Crippen LogP contribution in [0.2, 0.25) is 0 Å². The first-order valence-electron chi connectivity index (χ1n) is 6.37. The van der Waals surface area contributed by atoms with Crippen LogP contribution in [0, 0.1) is 6.92 Å². The van der Waals surface area contributed by atoms with E-state index in [0.29, 0.717) is 26.1 Å². The molecule has 0 saturated carbocycles. The van der Waals surface area contributed by atoms with Crippen LogP contribution < -0.4 is 15.8 Å². The molecule has 100 valence electrons. The summed E-state index contributed by atoms with van der Waals surface area (Å²) in [4.78, 5) is 11.3. The average Bonchev–Trinajstić information content (AvgIpc) is 2.33. The first kappa shape index (κ1) is 14.5. The second-order valence-electron chi connectivity index (χ2n) is 4.15. The van der Waals surface area contributed by atoms with E-state index in [-0.39, 0.29) is 5.91 Å². The Morgan fingerprint density at radius 2 is 2.22 bits per heavy atom. The van der Waals surface area contributed by atoms with E-state index in [0.717, 1.165) is 23.3 Å². The van der Waals surface area contributed by atoms with Crippen molar-refractivity contribution in [3.63, 3.8) is 0 Å². The zero-order chi connectivity index (χ0) is 13.4. The van der Waals surface area contributed by atoms with Gasteiger partial charge in [0.15, 0.2) is 0 Å². The molecule has 0 bridgehead atoms. The molecule has 3 N–H and O–H groups in total. The zero-order valence-corrected chi connectivity index (χ0v) is 11.2. The summed E-state index contributed by atoms with van der Waals surface area (Å²) in [5, 5.41) is 2.75. The van der Waals surface area contributed by atoms with Crippen LogP contribution in [-0.4, -0.2) is 25.6 Å². The minimum atomic E-state index is 0.0199. The summed E-state index contributed by atoms with van der Waals surface area (Å²) in [6, 6.07) is 6.01. The van der Waals surface area contributed by atoms with Gasteiger partial charge >= 0.3 is 0 Å². The van der Waals surface area contributed by atoms with Gasteiger partial charge in [0.1, 0.15) is 5.75 Å². The van der Waals surface area contributed by atoms with Gasteiger partial charge in [0.05, 0.1) is 13.0 Å². The summed E-state index contributed by atoms with van der Waals surface area (Å²) in [5.41, 5.74) is 7.76. The number of nitrogens with two attached hydrogens (primary N) is 1. The lowest BCUT2D eigenvalue weighted by molar-refractivity contribution is -0.121. The monoisotopic (exact) mass is 250 g/mol. The largest absolute Gasteiger partial charge is 0.492 e. The highest BCUT2D eigenvalue weighted by Crippen LogP contribution is 2.23. The lowest BCUT2D eigenvalue weighted by Gasteiger charge is -2.13. The Balaban J connectivity index is 2.57. The first-order valence-corrected chi connectivity index (χ1v) is 6.37. The van der Waals surface area contributed by atoms with Crippen LogP contribution in [0.5, 0.6) is 5.75 Å². The van der Waals surface area contributed by atoms with Crippen molar-refractivity contribution >= 4 is 5.91 Å². The molecule has 1 aromatic rings. The van der Waals surface area contributed by atoms with Crippen LogP contribution in [0.15, 0.2) is 18.2 Å². The third-order valence-corrected chi connectivity index (χ3v) is 2.66. The number of rotatable bonds is 7. The van der Waals surface area contributed by atoms with Crippen LogP contribution in [-0.2, 0) is 11.2 Å². The molecule has 0 fully saturated rings. The van der Waals surface area contributed by atoms with E-state index in [4.69, 9.17) is 10.5 Å². The summed E-state index contributed by atoms with van der Waals surface area (Å²) >= 11 is 0. The molecule has 0 spiro atoms. The number of ether oxygens (including phenoxy) is 1. The Hall–Kier alpha value is -1.55. The van der Waals surface area contributed by atoms with E-state index < -0.39 is 0 Å². The van der Waals surface area contributed by atoms with E-state index in [1.807, 2.05) is 32.0 Å². The molecular weight excluding hydrogens is 228 g/mol. The van der Waals surface area contributed by atoms with Crippen molar-refractivity contribution in [2.45, 2.75) is 26.7 Å². The molecule has 0 aromatic heterocycles. The Morgan fingerprint density at radius 3 is 2.89 bits per heavy atom. The highest BCUT2D eigenvalue weighted by molar-refractivity contribution is 5.75. The quantitative estimate of drug-likeness (QED) is 0.769. The molecule has 0 aliphatic rings. The number of benzene rings is 1. The second kappa shape index (κ2) is 7.71. The standard InChI is InChI=1S/C14H22N2O2/c1-3-16-13(17)8-10-18-14-11(2)5-4-6-12(14)7-9-15/h4-6H,3,7-10,15H2,1-2H3,(H,16,17). The Labute approximate surface area is 109 Å².